The van der Waals surface area contributed by atoms with Gasteiger partial charge >= 0.3 is 0 Å². The number of amides is 2. The third-order valence-electron chi connectivity index (χ3n) is 2.36. The van der Waals surface area contributed by atoms with E-state index in [1.807, 2.05) is 0 Å². The van der Waals surface area contributed by atoms with Crippen molar-refractivity contribution in [3.05, 3.63) is 22.9 Å². The smallest absolute Gasteiger partial charge is 0.243 e. The molecule has 2 heterocycles. The van der Waals surface area contributed by atoms with E-state index in [0.29, 0.717) is 16.7 Å². The molecular formula is C10H11BrN4O2. The van der Waals surface area contributed by atoms with Gasteiger partial charge < -0.3 is 10.6 Å². The van der Waals surface area contributed by atoms with E-state index in [1.54, 1.807) is 18.5 Å². The molecule has 1 aromatic rings. The minimum absolute atomic E-state index is 0.0980. The maximum Gasteiger partial charge on any atom is 0.243 e. The van der Waals surface area contributed by atoms with Crippen molar-refractivity contribution in [3.8, 4) is 0 Å². The van der Waals surface area contributed by atoms with Gasteiger partial charge in [0, 0.05) is 18.9 Å². The number of aromatic nitrogens is 1. The number of piperazine rings is 1. The first kappa shape index (κ1) is 12.0. The molecule has 0 aliphatic carbocycles. The highest BCUT2D eigenvalue weighted by Gasteiger charge is 2.23. The number of anilines is 1. The number of carbonyl (C=O) groups is 2. The van der Waals surface area contributed by atoms with Gasteiger partial charge in [0.05, 0.1) is 16.7 Å². The predicted octanol–water partition coefficient (Wildman–Crippen LogP) is -0.129. The SMILES string of the molecule is O=C1CNC(C(=O)Nc2ccncc2Br)CN1. The fourth-order valence-corrected chi connectivity index (χ4v) is 1.80. The Morgan fingerprint density at radius 1 is 1.59 bits per heavy atom. The lowest BCUT2D eigenvalue weighted by molar-refractivity contribution is -0.124. The van der Waals surface area contributed by atoms with E-state index in [-0.39, 0.29) is 18.4 Å². The molecule has 0 spiro atoms. The summed E-state index contributed by atoms with van der Waals surface area (Å²) in [5.41, 5.74) is 0.656. The molecule has 1 aromatic heterocycles. The highest BCUT2D eigenvalue weighted by atomic mass is 79.9. The molecule has 2 amide bonds. The first-order valence-electron chi connectivity index (χ1n) is 5.07. The molecule has 0 saturated carbocycles. The van der Waals surface area contributed by atoms with Crippen LogP contribution in [0.4, 0.5) is 5.69 Å². The summed E-state index contributed by atoms with van der Waals surface area (Å²) < 4.78 is 0.716. The summed E-state index contributed by atoms with van der Waals surface area (Å²) in [6.07, 6.45) is 3.20. The number of nitrogens with zero attached hydrogens (tertiary/aromatic N) is 1. The van der Waals surface area contributed by atoms with Crippen LogP contribution in [0.25, 0.3) is 0 Å². The Morgan fingerprint density at radius 2 is 2.41 bits per heavy atom. The van der Waals surface area contributed by atoms with E-state index in [0.717, 1.165) is 0 Å². The van der Waals surface area contributed by atoms with Crippen molar-refractivity contribution in [2.24, 2.45) is 0 Å². The molecular weight excluding hydrogens is 288 g/mol. The normalized spacial score (nSPS) is 19.6. The molecule has 0 aromatic carbocycles. The highest BCUT2D eigenvalue weighted by molar-refractivity contribution is 9.10. The van der Waals surface area contributed by atoms with Gasteiger partial charge in [-0.15, -0.1) is 0 Å². The van der Waals surface area contributed by atoms with Crippen LogP contribution in [0.1, 0.15) is 0 Å². The summed E-state index contributed by atoms with van der Waals surface area (Å²) >= 11 is 3.29. The van der Waals surface area contributed by atoms with Crippen LogP contribution in [0.3, 0.4) is 0 Å². The van der Waals surface area contributed by atoms with E-state index >= 15 is 0 Å². The van der Waals surface area contributed by atoms with Crippen LogP contribution >= 0.6 is 15.9 Å². The fourth-order valence-electron chi connectivity index (χ4n) is 1.45. The maximum absolute atomic E-state index is 11.9. The van der Waals surface area contributed by atoms with Crippen LogP contribution < -0.4 is 16.0 Å². The lowest BCUT2D eigenvalue weighted by Crippen LogP contribution is -2.56. The first-order valence-corrected chi connectivity index (χ1v) is 5.86. The Kier molecular flexibility index (Phi) is 3.70. The number of halogens is 1. The van der Waals surface area contributed by atoms with Gasteiger partial charge in [-0.05, 0) is 22.0 Å². The molecule has 0 radical (unpaired) electrons. The number of carbonyl (C=O) groups excluding carboxylic acids is 2. The van der Waals surface area contributed by atoms with Gasteiger partial charge in [0.15, 0.2) is 0 Å². The van der Waals surface area contributed by atoms with Crippen molar-refractivity contribution < 1.29 is 9.59 Å². The van der Waals surface area contributed by atoms with Crippen molar-refractivity contribution >= 4 is 33.4 Å². The quantitative estimate of drug-likeness (QED) is 0.710. The molecule has 17 heavy (non-hydrogen) atoms. The standard InChI is InChI=1S/C10H11BrN4O2/c11-6-3-12-2-1-7(6)15-10(17)8-4-14-9(16)5-13-8/h1-3,8,13H,4-5H2,(H,14,16)(H,12,15,17). The number of rotatable bonds is 2. The molecule has 7 heteroatoms. The first-order chi connectivity index (χ1) is 8.16. The molecule has 3 N–H and O–H groups in total. The van der Waals surface area contributed by atoms with Gasteiger partial charge in [0.25, 0.3) is 0 Å². The summed E-state index contributed by atoms with van der Waals surface area (Å²) in [4.78, 5) is 26.7. The third-order valence-corrected chi connectivity index (χ3v) is 2.99. The maximum atomic E-state index is 11.9. The average molecular weight is 299 g/mol. The van der Waals surface area contributed by atoms with Crippen LogP contribution in [0, 0.1) is 0 Å². The van der Waals surface area contributed by atoms with Gasteiger partial charge in [0.2, 0.25) is 11.8 Å². The molecule has 2 rings (SSSR count). The minimum atomic E-state index is -0.409. The monoisotopic (exact) mass is 298 g/mol. The molecule has 1 aliphatic heterocycles. The van der Waals surface area contributed by atoms with Crippen molar-refractivity contribution in [2.45, 2.75) is 6.04 Å². The van der Waals surface area contributed by atoms with Crippen molar-refractivity contribution in [1.82, 2.24) is 15.6 Å². The summed E-state index contributed by atoms with van der Waals surface area (Å²) in [6.45, 7) is 0.461. The van der Waals surface area contributed by atoms with E-state index in [9.17, 15) is 9.59 Å². The highest BCUT2D eigenvalue weighted by Crippen LogP contribution is 2.19. The fraction of sp³-hybridized carbons (Fsp3) is 0.300. The Bertz CT molecular complexity index is 442. The van der Waals surface area contributed by atoms with E-state index in [1.165, 1.54) is 0 Å². The number of pyridine rings is 1. The zero-order valence-electron chi connectivity index (χ0n) is 8.87. The number of nitrogens with one attached hydrogen (secondary N) is 3. The Labute approximate surface area is 106 Å². The van der Waals surface area contributed by atoms with Gasteiger partial charge in [-0.25, -0.2) is 0 Å². The Balaban J connectivity index is 1.98. The Hall–Kier alpha value is -1.47. The summed E-state index contributed by atoms with van der Waals surface area (Å²) in [6, 6.07) is 1.29. The van der Waals surface area contributed by atoms with Crippen molar-refractivity contribution in [1.29, 1.82) is 0 Å². The molecule has 0 bridgehead atoms. The van der Waals surface area contributed by atoms with E-state index in [4.69, 9.17) is 0 Å². The largest absolute Gasteiger partial charge is 0.353 e. The molecule has 90 valence electrons. The predicted molar refractivity (Wildman–Crippen MR) is 65.4 cm³/mol. The number of hydrogen-bond donors (Lipinski definition) is 3. The van der Waals surface area contributed by atoms with Crippen LogP contribution in [0.5, 0.6) is 0 Å². The summed E-state index contributed by atoms with van der Waals surface area (Å²) in [7, 11) is 0. The van der Waals surface area contributed by atoms with Crippen LogP contribution in [-0.4, -0.2) is 35.9 Å². The Morgan fingerprint density at radius 3 is 3.06 bits per heavy atom. The average Bonchev–Trinajstić information content (AvgIpc) is 2.33. The molecule has 6 nitrogen and oxygen atoms in total. The lowest BCUT2D eigenvalue weighted by atomic mass is 10.2. The molecule has 1 saturated heterocycles. The zero-order chi connectivity index (χ0) is 12.3. The second kappa shape index (κ2) is 5.24. The third kappa shape index (κ3) is 3.01. The van der Waals surface area contributed by atoms with Crippen molar-refractivity contribution in [3.63, 3.8) is 0 Å². The van der Waals surface area contributed by atoms with Gasteiger partial charge in [-0.2, -0.15) is 0 Å². The molecule has 1 fully saturated rings. The van der Waals surface area contributed by atoms with Crippen LogP contribution in [0.15, 0.2) is 22.9 Å². The van der Waals surface area contributed by atoms with E-state index in [2.05, 4.69) is 36.9 Å². The van der Waals surface area contributed by atoms with Crippen LogP contribution in [0.2, 0.25) is 0 Å². The summed E-state index contributed by atoms with van der Waals surface area (Å²) in [5.74, 6) is -0.281. The molecule has 1 unspecified atom stereocenters. The second-order valence-corrected chi connectivity index (χ2v) is 4.44. The lowest BCUT2D eigenvalue weighted by Gasteiger charge is -2.23. The van der Waals surface area contributed by atoms with E-state index < -0.39 is 6.04 Å². The second-order valence-electron chi connectivity index (χ2n) is 3.58. The van der Waals surface area contributed by atoms with Crippen molar-refractivity contribution in [2.75, 3.05) is 18.4 Å². The van der Waals surface area contributed by atoms with Gasteiger partial charge in [-0.3, -0.25) is 19.9 Å². The summed E-state index contributed by atoms with van der Waals surface area (Å²) in [5, 5.41) is 8.24. The zero-order valence-corrected chi connectivity index (χ0v) is 10.5. The number of hydrogen-bond acceptors (Lipinski definition) is 4. The molecule has 1 atom stereocenters. The molecule has 1 aliphatic rings. The minimum Gasteiger partial charge on any atom is -0.353 e. The van der Waals surface area contributed by atoms with Gasteiger partial charge in [-0.1, -0.05) is 0 Å². The topological polar surface area (TPSA) is 83.1 Å². The van der Waals surface area contributed by atoms with Crippen LogP contribution in [-0.2, 0) is 9.59 Å². The van der Waals surface area contributed by atoms with Gasteiger partial charge in [0.1, 0.15) is 6.04 Å².